The molecule has 0 aliphatic heterocycles. The molecule has 0 saturated heterocycles. The van der Waals surface area contributed by atoms with Crippen LogP contribution in [0.1, 0.15) is 20.8 Å². The van der Waals surface area contributed by atoms with Crippen molar-refractivity contribution in [3.05, 3.63) is 0 Å². The van der Waals surface area contributed by atoms with Crippen LogP contribution < -0.4 is 0 Å². The Morgan fingerprint density at radius 1 is 1.57 bits per heavy atom. The summed E-state index contributed by atoms with van der Waals surface area (Å²) in [7, 11) is 4.14. The normalized spacial score (nSPS) is 11.4. The maximum absolute atomic E-state index is 2.84. The Balaban J connectivity index is 3.15. The standard InChI is InChI=1S/C5H14BP/c1-4-6-5(2,3)7/h6H,4,7H2,1-3H3. The summed E-state index contributed by atoms with van der Waals surface area (Å²) in [6.45, 7) is 6.69. The van der Waals surface area contributed by atoms with Crippen molar-refractivity contribution in [1.29, 1.82) is 0 Å². The zero-order valence-corrected chi connectivity index (χ0v) is 6.65. The van der Waals surface area contributed by atoms with Gasteiger partial charge >= 0.3 is 0 Å². The zero-order valence-electron chi connectivity index (χ0n) is 5.49. The van der Waals surface area contributed by atoms with E-state index in [1.807, 2.05) is 0 Å². The first-order valence-corrected chi connectivity index (χ1v) is 3.43. The number of rotatable bonds is 2. The molecule has 0 fully saturated rings. The molecule has 0 amide bonds. The fourth-order valence-electron chi connectivity index (χ4n) is 0.644. The highest BCUT2D eigenvalue weighted by molar-refractivity contribution is 7.23. The highest BCUT2D eigenvalue weighted by Crippen LogP contribution is 2.14. The van der Waals surface area contributed by atoms with Crippen molar-refractivity contribution in [1.82, 2.24) is 0 Å². The molecule has 0 nitrogen and oxygen atoms in total. The van der Waals surface area contributed by atoms with E-state index in [1.165, 1.54) is 13.6 Å². The van der Waals surface area contributed by atoms with E-state index in [1.54, 1.807) is 0 Å². The second-order valence-electron chi connectivity index (χ2n) is 2.74. The third-order valence-electron chi connectivity index (χ3n) is 0.894. The summed E-state index contributed by atoms with van der Waals surface area (Å²) in [5.74, 6) is 0. The van der Waals surface area contributed by atoms with Gasteiger partial charge in [0.2, 0.25) is 0 Å². The smallest absolute Gasteiger partial charge is 0.132 e. The van der Waals surface area contributed by atoms with E-state index in [0.29, 0.717) is 5.06 Å². The molecule has 0 aromatic rings. The van der Waals surface area contributed by atoms with E-state index in [9.17, 15) is 0 Å². The number of hydrogen-bond donors (Lipinski definition) is 0. The van der Waals surface area contributed by atoms with Crippen LogP contribution in [0.2, 0.25) is 6.32 Å². The molecular weight excluding hydrogens is 102 g/mol. The van der Waals surface area contributed by atoms with Gasteiger partial charge in [-0.15, -0.1) is 9.24 Å². The van der Waals surface area contributed by atoms with Crippen LogP contribution in [-0.2, 0) is 0 Å². The molecule has 1 atom stereocenters. The third kappa shape index (κ3) is 6.49. The average molecular weight is 116 g/mol. The first-order chi connectivity index (χ1) is 3.06. The van der Waals surface area contributed by atoms with Crippen LogP contribution in [-0.4, -0.2) is 12.3 Å². The lowest BCUT2D eigenvalue weighted by atomic mass is 9.63. The number of hydrogen-bond acceptors (Lipinski definition) is 0. The van der Waals surface area contributed by atoms with Gasteiger partial charge in [0, 0.05) is 0 Å². The zero-order chi connectivity index (χ0) is 5.91. The van der Waals surface area contributed by atoms with Crippen LogP contribution in [0.25, 0.3) is 0 Å². The van der Waals surface area contributed by atoms with Crippen LogP contribution in [0, 0.1) is 0 Å². The minimum Gasteiger partial charge on any atom is -0.140 e. The van der Waals surface area contributed by atoms with Crippen molar-refractivity contribution in [3.63, 3.8) is 0 Å². The summed E-state index contributed by atoms with van der Waals surface area (Å²) in [6.07, 6.45) is 1.29. The second kappa shape index (κ2) is 2.72. The van der Waals surface area contributed by atoms with E-state index in [2.05, 4.69) is 30.0 Å². The van der Waals surface area contributed by atoms with Crippen molar-refractivity contribution in [3.8, 4) is 0 Å². The molecule has 2 heteroatoms. The summed E-state index contributed by atoms with van der Waals surface area (Å²) in [5, 5.41) is 0.467. The molecule has 0 N–H and O–H groups in total. The van der Waals surface area contributed by atoms with E-state index in [-0.39, 0.29) is 0 Å². The molecule has 0 aliphatic rings. The van der Waals surface area contributed by atoms with Crippen molar-refractivity contribution in [2.45, 2.75) is 32.1 Å². The van der Waals surface area contributed by atoms with Gasteiger partial charge in [0.15, 0.2) is 0 Å². The SMILES string of the molecule is CCBC(C)(C)P. The van der Waals surface area contributed by atoms with Crippen LogP contribution >= 0.6 is 9.24 Å². The molecule has 7 heavy (non-hydrogen) atoms. The molecule has 0 rings (SSSR count). The van der Waals surface area contributed by atoms with Crippen LogP contribution in [0.15, 0.2) is 0 Å². The molecule has 0 heterocycles. The van der Waals surface area contributed by atoms with Crippen LogP contribution in [0.3, 0.4) is 0 Å². The highest BCUT2D eigenvalue weighted by Gasteiger charge is 2.08. The molecule has 0 aliphatic carbocycles. The molecule has 0 bridgehead atoms. The van der Waals surface area contributed by atoms with E-state index < -0.39 is 0 Å². The summed E-state index contributed by atoms with van der Waals surface area (Å²) in [5.41, 5.74) is 0. The Hall–Kier alpha value is 0.495. The molecular formula is C5H14BP. The fraction of sp³-hybridized carbons (Fsp3) is 1.00. The van der Waals surface area contributed by atoms with E-state index in [4.69, 9.17) is 0 Å². The summed E-state index contributed by atoms with van der Waals surface area (Å²) < 4.78 is 0. The van der Waals surface area contributed by atoms with Gasteiger partial charge in [0.05, 0.1) is 0 Å². The molecule has 0 spiro atoms. The Morgan fingerprint density at radius 2 is 2.00 bits per heavy atom. The van der Waals surface area contributed by atoms with Crippen molar-refractivity contribution < 1.29 is 0 Å². The molecule has 42 valence electrons. The summed E-state index contributed by atoms with van der Waals surface area (Å²) >= 11 is 0. The molecule has 0 aromatic heterocycles. The van der Waals surface area contributed by atoms with Gasteiger partial charge in [-0.1, -0.05) is 27.1 Å². The average Bonchev–Trinajstić information content (AvgIpc) is 1.30. The maximum atomic E-state index is 2.84. The van der Waals surface area contributed by atoms with Gasteiger partial charge in [0.1, 0.15) is 7.28 Å². The Kier molecular flexibility index (Phi) is 2.91. The van der Waals surface area contributed by atoms with Crippen LogP contribution in [0.4, 0.5) is 0 Å². The lowest BCUT2D eigenvalue weighted by molar-refractivity contribution is 0.985. The fourth-order valence-corrected chi connectivity index (χ4v) is 0.933. The van der Waals surface area contributed by atoms with Crippen molar-refractivity contribution in [2.24, 2.45) is 0 Å². The third-order valence-corrected chi connectivity index (χ3v) is 1.18. The van der Waals surface area contributed by atoms with Gasteiger partial charge < -0.3 is 0 Å². The van der Waals surface area contributed by atoms with Crippen molar-refractivity contribution >= 4 is 16.5 Å². The molecule has 0 radical (unpaired) electrons. The van der Waals surface area contributed by atoms with E-state index in [0.717, 1.165) is 0 Å². The minimum atomic E-state index is 0.467. The topological polar surface area (TPSA) is 0 Å². The first kappa shape index (κ1) is 7.49. The Bertz CT molecular complexity index is 46.5. The van der Waals surface area contributed by atoms with Gasteiger partial charge in [0.25, 0.3) is 0 Å². The minimum absolute atomic E-state index is 0.467. The quantitative estimate of drug-likeness (QED) is 0.378. The molecule has 0 saturated carbocycles. The van der Waals surface area contributed by atoms with Gasteiger partial charge in [-0.2, -0.15) is 0 Å². The summed E-state index contributed by atoms with van der Waals surface area (Å²) in [6, 6.07) is 0. The lowest BCUT2D eigenvalue weighted by Crippen LogP contribution is -2.17. The van der Waals surface area contributed by atoms with Gasteiger partial charge in [-0.05, 0) is 5.06 Å². The molecule has 1 unspecified atom stereocenters. The van der Waals surface area contributed by atoms with Gasteiger partial charge in [-0.3, -0.25) is 0 Å². The van der Waals surface area contributed by atoms with Crippen molar-refractivity contribution in [2.75, 3.05) is 0 Å². The van der Waals surface area contributed by atoms with Crippen LogP contribution in [0.5, 0.6) is 0 Å². The highest BCUT2D eigenvalue weighted by atomic mass is 31.0. The molecule has 0 aromatic carbocycles. The first-order valence-electron chi connectivity index (χ1n) is 2.85. The Morgan fingerprint density at radius 3 is 2.00 bits per heavy atom. The predicted octanol–water partition coefficient (Wildman–Crippen LogP) is 1.47. The summed E-state index contributed by atoms with van der Waals surface area (Å²) in [4.78, 5) is 0. The Labute approximate surface area is 49.5 Å². The van der Waals surface area contributed by atoms with Gasteiger partial charge in [-0.25, -0.2) is 0 Å². The second-order valence-corrected chi connectivity index (χ2v) is 4.30. The monoisotopic (exact) mass is 116 g/mol. The van der Waals surface area contributed by atoms with E-state index >= 15 is 0 Å². The predicted molar refractivity (Wildman–Crippen MR) is 41.4 cm³/mol. The maximum Gasteiger partial charge on any atom is 0.132 e. The largest absolute Gasteiger partial charge is 0.140 e. The lowest BCUT2D eigenvalue weighted by Gasteiger charge is -2.13.